The predicted octanol–water partition coefficient (Wildman–Crippen LogP) is 2.69. The van der Waals surface area contributed by atoms with E-state index in [-0.39, 0.29) is 5.91 Å². The van der Waals surface area contributed by atoms with Gasteiger partial charge in [-0.1, -0.05) is 12.1 Å². The van der Waals surface area contributed by atoms with Crippen LogP contribution in [0, 0.1) is 12.8 Å². The quantitative estimate of drug-likeness (QED) is 0.850. The molecule has 2 aliphatic rings. The number of benzene rings is 1. The van der Waals surface area contributed by atoms with Crippen molar-refractivity contribution in [2.24, 2.45) is 5.92 Å². The van der Waals surface area contributed by atoms with Crippen LogP contribution in [0.3, 0.4) is 0 Å². The first-order valence-corrected chi connectivity index (χ1v) is 8.33. The molecule has 0 radical (unpaired) electrons. The zero-order valence-electron chi connectivity index (χ0n) is 13.1. The molecule has 2 aliphatic heterocycles. The van der Waals surface area contributed by atoms with Gasteiger partial charge in [0.15, 0.2) is 0 Å². The number of aromatic amines is 1. The lowest BCUT2D eigenvalue weighted by Gasteiger charge is -2.41. The minimum Gasteiger partial charge on any atom is -0.360 e. The number of H-pyrrole nitrogens is 1. The summed E-state index contributed by atoms with van der Waals surface area (Å²) >= 11 is 0. The number of nitrogens with one attached hydrogen (secondary N) is 2. The predicted molar refractivity (Wildman–Crippen MR) is 88.1 cm³/mol. The van der Waals surface area contributed by atoms with Gasteiger partial charge in [-0.15, -0.1) is 0 Å². The second kappa shape index (κ2) is 5.43. The highest BCUT2D eigenvalue weighted by Gasteiger charge is 2.33. The van der Waals surface area contributed by atoms with Crippen molar-refractivity contribution in [2.75, 3.05) is 19.6 Å². The van der Waals surface area contributed by atoms with Gasteiger partial charge >= 0.3 is 0 Å². The molecule has 2 saturated heterocycles. The van der Waals surface area contributed by atoms with Crippen LogP contribution >= 0.6 is 0 Å². The number of piperidine rings is 2. The van der Waals surface area contributed by atoms with E-state index >= 15 is 0 Å². The Balaban J connectivity index is 1.58. The van der Waals surface area contributed by atoms with Crippen LogP contribution in [0.1, 0.15) is 35.2 Å². The molecule has 1 aromatic carbocycles. The van der Waals surface area contributed by atoms with Gasteiger partial charge in [-0.2, -0.15) is 0 Å². The van der Waals surface area contributed by atoms with Crippen LogP contribution in [0.2, 0.25) is 0 Å². The minimum absolute atomic E-state index is 0.180. The highest BCUT2D eigenvalue weighted by Crippen LogP contribution is 2.27. The van der Waals surface area contributed by atoms with Gasteiger partial charge in [0.2, 0.25) is 0 Å². The van der Waals surface area contributed by atoms with E-state index in [9.17, 15) is 4.79 Å². The lowest BCUT2D eigenvalue weighted by molar-refractivity contribution is 0.0595. The van der Waals surface area contributed by atoms with Gasteiger partial charge in [0, 0.05) is 36.2 Å². The zero-order chi connectivity index (χ0) is 15.1. The van der Waals surface area contributed by atoms with E-state index < -0.39 is 0 Å². The Labute approximate surface area is 130 Å². The van der Waals surface area contributed by atoms with Crippen molar-refractivity contribution in [3.63, 3.8) is 0 Å². The number of carbonyl (C=O) groups excluding carboxylic acids is 1. The molecule has 0 aliphatic carbocycles. The molecule has 1 aromatic heterocycles. The standard InChI is InChI=1S/C18H23N3O/c1-12-4-5-14-15(10-20-17(14)9-12)18(22)21-8-6-16-13(11-21)3-2-7-19-16/h4-5,9-10,13,16,19-20H,2-3,6-8,11H2,1H3. The molecule has 2 unspecified atom stereocenters. The third kappa shape index (κ3) is 2.31. The normalized spacial score (nSPS) is 25.2. The number of amides is 1. The van der Waals surface area contributed by atoms with Crippen LogP contribution < -0.4 is 5.32 Å². The molecule has 2 aromatic rings. The number of hydrogen-bond acceptors (Lipinski definition) is 2. The zero-order valence-corrected chi connectivity index (χ0v) is 13.1. The van der Waals surface area contributed by atoms with Crippen molar-refractivity contribution in [1.82, 2.24) is 15.2 Å². The summed E-state index contributed by atoms with van der Waals surface area (Å²) in [4.78, 5) is 18.2. The molecular weight excluding hydrogens is 274 g/mol. The largest absolute Gasteiger partial charge is 0.360 e. The van der Waals surface area contributed by atoms with E-state index in [0.717, 1.165) is 42.5 Å². The van der Waals surface area contributed by atoms with Gasteiger partial charge < -0.3 is 15.2 Å². The maximum atomic E-state index is 12.9. The fraction of sp³-hybridized carbons (Fsp3) is 0.500. The summed E-state index contributed by atoms with van der Waals surface area (Å²) in [7, 11) is 0. The Morgan fingerprint density at radius 1 is 1.32 bits per heavy atom. The van der Waals surface area contributed by atoms with Gasteiger partial charge in [0.1, 0.15) is 0 Å². The van der Waals surface area contributed by atoms with E-state index in [2.05, 4.69) is 40.3 Å². The Kier molecular flexibility index (Phi) is 3.41. The van der Waals surface area contributed by atoms with Gasteiger partial charge in [-0.25, -0.2) is 0 Å². The van der Waals surface area contributed by atoms with Crippen molar-refractivity contribution in [2.45, 2.75) is 32.2 Å². The second-order valence-corrected chi connectivity index (χ2v) is 6.75. The van der Waals surface area contributed by atoms with Crippen LogP contribution in [0.25, 0.3) is 10.9 Å². The summed E-state index contributed by atoms with van der Waals surface area (Å²) < 4.78 is 0. The van der Waals surface area contributed by atoms with E-state index in [1.54, 1.807) is 0 Å². The molecule has 4 heteroatoms. The first-order chi connectivity index (χ1) is 10.7. The molecule has 1 amide bonds. The average Bonchev–Trinajstić information content (AvgIpc) is 2.96. The Bertz CT molecular complexity index is 705. The molecule has 0 saturated carbocycles. The Morgan fingerprint density at radius 3 is 3.14 bits per heavy atom. The van der Waals surface area contributed by atoms with E-state index in [1.165, 1.54) is 18.4 Å². The highest BCUT2D eigenvalue weighted by molar-refractivity contribution is 6.06. The molecule has 4 nitrogen and oxygen atoms in total. The molecule has 3 heterocycles. The fourth-order valence-corrected chi connectivity index (χ4v) is 4.02. The number of fused-ring (bicyclic) bond motifs is 2. The number of likely N-dealkylation sites (tertiary alicyclic amines) is 1. The minimum atomic E-state index is 0.180. The summed E-state index contributed by atoms with van der Waals surface area (Å²) in [5, 5.41) is 4.65. The molecule has 0 spiro atoms. The Hall–Kier alpha value is -1.81. The number of aryl methyl sites for hydroxylation is 1. The van der Waals surface area contributed by atoms with Crippen molar-refractivity contribution >= 4 is 16.8 Å². The Morgan fingerprint density at radius 2 is 2.23 bits per heavy atom. The number of carbonyl (C=O) groups is 1. The lowest BCUT2D eigenvalue weighted by atomic mass is 9.85. The summed E-state index contributed by atoms with van der Waals surface area (Å²) in [6.07, 6.45) is 5.43. The van der Waals surface area contributed by atoms with Crippen molar-refractivity contribution in [3.05, 3.63) is 35.5 Å². The maximum Gasteiger partial charge on any atom is 0.256 e. The third-order valence-corrected chi connectivity index (χ3v) is 5.25. The first kappa shape index (κ1) is 13.8. The van der Waals surface area contributed by atoms with E-state index in [1.807, 2.05) is 6.20 Å². The summed E-state index contributed by atoms with van der Waals surface area (Å²) in [6, 6.07) is 6.85. The number of rotatable bonds is 1. The van der Waals surface area contributed by atoms with Gasteiger partial charge in [-0.05, 0) is 50.3 Å². The maximum absolute atomic E-state index is 12.9. The monoisotopic (exact) mass is 297 g/mol. The van der Waals surface area contributed by atoms with Gasteiger partial charge in [0.05, 0.1) is 5.56 Å². The molecule has 116 valence electrons. The van der Waals surface area contributed by atoms with Crippen molar-refractivity contribution < 1.29 is 4.79 Å². The van der Waals surface area contributed by atoms with E-state index in [4.69, 9.17) is 0 Å². The molecule has 2 fully saturated rings. The summed E-state index contributed by atoms with van der Waals surface area (Å²) in [5.74, 6) is 0.804. The van der Waals surface area contributed by atoms with Crippen LogP contribution in [0.4, 0.5) is 0 Å². The fourth-order valence-electron chi connectivity index (χ4n) is 4.02. The van der Waals surface area contributed by atoms with Gasteiger partial charge in [0.25, 0.3) is 5.91 Å². The molecule has 4 rings (SSSR count). The smallest absolute Gasteiger partial charge is 0.256 e. The third-order valence-electron chi connectivity index (χ3n) is 5.25. The van der Waals surface area contributed by atoms with Gasteiger partial charge in [-0.3, -0.25) is 4.79 Å². The van der Waals surface area contributed by atoms with Crippen LogP contribution in [-0.2, 0) is 0 Å². The highest BCUT2D eigenvalue weighted by atomic mass is 16.2. The summed E-state index contributed by atoms with van der Waals surface area (Å²) in [6.45, 7) is 4.97. The van der Waals surface area contributed by atoms with E-state index in [0.29, 0.717) is 12.0 Å². The number of nitrogens with zero attached hydrogens (tertiary/aromatic N) is 1. The topological polar surface area (TPSA) is 48.1 Å². The van der Waals surface area contributed by atoms with Crippen molar-refractivity contribution in [1.29, 1.82) is 0 Å². The molecular formula is C18H23N3O. The SMILES string of the molecule is Cc1ccc2c(C(=O)N3CCC4NCCCC4C3)c[nH]c2c1. The molecule has 22 heavy (non-hydrogen) atoms. The van der Waals surface area contributed by atoms with Crippen LogP contribution in [0.5, 0.6) is 0 Å². The lowest BCUT2D eigenvalue weighted by Crippen LogP contribution is -2.53. The molecule has 0 bridgehead atoms. The molecule has 2 N–H and O–H groups in total. The molecule has 2 atom stereocenters. The second-order valence-electron chi connectivity index (χ2n) is 6.75. The number of aromatic nitrogens is 1. The van der Waals surface area contributed by atoms with Crippen LogP contribution in [-0.4, -0.2) is 41.5 Å². The van der Waals surface area contributed by atoms with Crippen LogP contribution in [0.15, 0.2) is 24.4 Å². The average molecular weight is 297 g/mol. The number of hydrogen-bond donors (Lipinski definition) is 2. The summed E-state index contributed by atoms with van der Waals surface area (Å²) in [5.41, 5.74) is 3.08. The first-order valence-electron chi connectivity index (χ1n) is 8.33. The van der Waals surface area contributed by atoms with Crippen molar-refractivity contribution in [3.8, 4) is 0 Å².